The molecular weight excluding hydrogens is 358 g/mol. The van der Waals surface area contributed by atoms with E-state index in [2.05, 4.69) is 10.6 Å². The molecule has 8 heteroatoms. The molecule has 0 aromatic heterocycles. The summed E-state index contributed by atoms with van der Waals surface area (Å²) in [4.78, 5) is 36.8. The van der Waals surface area contributed by atoms with E-state index in [1.807, 2.05) is 13.8 Å². The minimum Gasteiger partial charge on any atom is -0.467 e. The van der Waals surface area contributed by atoms with Crippen LogP contribution < -0.4 is 15.5 Å². The second kappa shape index (κ2) is 10.8. The van der Waals surface area contributed by atoms with Crippen LogP contribution in [-0.4, -0.2) is 51.1 Å². The second-order valence-corrected chi connectivity index (χ2v) is 6.76. The van der Waals surface area contributed by atoms with Gasteiger partial charge in [0.05, 0.1) is 14.2 Å². The van der Waals surface area contributed by atoms with Crippen LogP contribution in [-0.2, 0) is 19.1 Å². The Hall–Kier alpha value is -2.12. The number of halogens is 1. The smallest absolute Gasteiger partial charge is 0.328 e. The van der Waals surface area contributed by atoms with Gasteiger partial charge in [-0.1, -0.05) is 31.9 Å². The van der Waals surface area contributed by atoms with E-state index >= 15 is 0 Å². The molecule has 1 aromatic rings. The fourth-order valence-electron chi connectivity index (χ4n) is 2.37. The third kappa shape index (κ3) is 7.41. The maximum Gasteiger partial charge on any atom is 0.328 e. The van der Waals surface area contributed by atoms with Crippen LogP contribution in [0, 0.1) is 5.92 Å². The van der Waals surface area contributed by atoms with Crippen LogP contribution in [0.3, 0.4) is 0 Å². The lowest BCUT2D eigenvalue weighted by molar-refractivity contribution is -0.862. The molecule has 0 aliphatic carbocycles. The molecule has 0 radical (unpaired) electrons. The van der Waals surface area contributed by atoms with Crippen molar-refractivity contribution in [1.82, 2.24) is 5.32 Å². The zero-order valence-electron chi connectivity index (χ0n) is 15.6. The predicted molar refractivity (Wildman–Crippen MR) is 100 cm³/mol. The van der Waals surface area contributed by atoms with Gasteiger partial charge < -0.3 is 20.3 Å². The van der Waals surface area contributed by atoms with Crippen molar-refractivity contribution in [3.63, 3.8) is 0 Å². The maximum atomic E-state index is 12.2. The molecule has 3 atom stereocenters. The van der Waals surface area contributed by atoms with Gasteiger partial charge in [-0.25, -0.2) is 4.79 Å². The molecule has 0 fully saturated rings. The van der Waals surface area contributed by atoms with Gasteiger partial charge in [-0.3, -0.25) is 9.59 Å². The van der Waals surface area contributed by atoms with Gasteiger partial charge in [-0.15, -0.1) is 0 Å². The number of esters is 1. The number of rotatable bonds is 9. The highest BCUT2D eigenvalue weighted by molar-refractivity contribution is 6.30. The quantitative estimate of drug-likeness (QED) is 0.541. The fraction of sp³-hybridized carbons (Fsp3) is 0.500. The molecular formula is C18H27ClN3O4+. The van der Waals surface area contributed by atoms with Crippen molar-refractivity contribution in [3.8, 4) is 0 Å². The number of likely N-dealkylation sites (N-methyl/N-ethyl adjacent to an activating group) is 1. The van der Waals surface area contributed by atoms with Crippen LogP contribution in [0.4, 0.5) is 5.69 Å². The van der Waals surface area contributed by atoms with Gasteiger partial charge in [-0.2, -0.15) is 0 Å². The molecule has 26 heavy (non-hydrogen) atoms. The second-order valence-electron chi connectivity index (χ2n) is 6.32. The summed E-state index contributed by atoms with van der Waals surface area (Å²) in [7, 11) is 3.03. The van der Waals surface area contributed by atoms with E-state index in [4.69, 9.17) is 16.3 Å². The molecule has 1 unspecified atom stereocenters. The van der Waals surface area contributed by atoms with Crippen molar-refractivity contribution >= 4 is 35.1 Å². The SMILES string of the molecule is CC[C@@H](C)[C@@H](NC(=O)C[NH+](C)CC(=O)Nc1ccc(Cl)cc1)C(=O)OC. The molecule has 144 valence electrons. The number of carbonyl (C=O) groups excluding carboxylic acids is 3. The van der Waals surface area contributed by atoms with Gasteiger partial charge in [0, 0.05) is 10.7 Å². The summed E-state index contributed by atoms with van der Waals surface area (Å²) in [6, 6.07) is 6.09. The Kier molecular flexibility index (Phi) is 9.09. The fourth-order valence-corrected chi connectivity index (χ4v) is 2.50. The van der Waals surface area contributed by atoms with Gasteiger partial charge in [0.25, 0.3) is 11.8 Å². The van der Waals surface area contributed by atoms with E-state index in [0.29, 0.717) is 15.6 Å². The maximum absolute atomic E-state index is 12.2. The van der Waals surface area contributed by atoms with Crippen molar-refractivity contribution in [3.05, 3.63) is 29.3 Å². The largest absolute Gasteiger partial charge is 0.467 e. The summed E-state index contributed by atoms with van der Waals surface area (Å²) in [6.45, 7) is 3.99. The summed E-state index contributed by atoms with van der Waals surface area (Å²) >= 11 is 5.80. The van der Waals surface area contributed by atoms with Gasteiger partial charge >= 0.3 is 5.97 Å². The molecule has 0 saturated heterocycles. The van der Waals surface area contributed by atoms with Gasteiger partial charge in [0.2, 0.25) is 0 Å². The number of benzene rings is 1. The Bertz CT molecular complexity index is 621. The number of amides is 2. The van der Waals surface area contributed by atoms with Crippen molar-refractivity contribution in [2.75, 3.05) is 32.6 Å². The van der Waals surface area contributed by atoms with Gasteiger partial charge in [-0.05, 0) is 30.2 Å². The third-order valence-corrected chi connectivity index (χ3v) is 4.29. The highest BCUT2D eigenvalue weighted by atomic mass is 35.5. The molecule has 0 bridgehead atoms. The summed E-state index contributed by atoms with van der Waals surface area (Å²) in [5.74, 6) is -1.03. The highest BCUT2D eigenvalue weighted by Gasteiger charge is 2.27. The van der Waals surface area contributed by atoms with Crippen LogP contribution in [0.25, 0.3) is 0 Å². The predicted octanol–water partition coefficient (Wildman–Crippen LogP) is 0.497. The number of hydrogen-bond donors (Lipinski definition) is 3. The van der Waals surface area contributed by atoms with Crippen molar-refractivity contribution in [2.24, 2.45) is 5.92 Å². The zero-order valence-corrected chi connectivity index (χ0v) is 16.4. The summed E-state index contributed by atoms with van der Waals surface area (Å²) < 4.78 is 4.75. The molecule has 3 N–H and O–H groups in total. The van der Waals surface area contributed by atoms with Crippen LogP contribution in [0.2, 0.25) is 5.02 Å². The Labute approximate surface area is 159 Å². The van der Waals surface area contributed by atoms with Crippen LogP contribution in [0.15, 0.2) is 24.3 Å². The molecule has 0 aliphatic rings. The zero-order chi connectivity index (χ0) is 19.7. The summed E-state index contributed by atoms with van der Waals surface area (Å²) in [6.07, 6.45) is 0.728. The number of hydrogen-bond acceptors (Lipinski definition) is 4. The van der Waals surface area contributed by atoms with Crippen molar-refractivity contribution in [2.45, 2.75) is 26.3 Å². The average molecular weight is 385 g/mol. The first-order valence-electron chi connectivity index (χ1n) is 8.50. The van der Waals surface area contributed by atoms with Crippen LogP contribution in [0.1, 0.15) is 20.3 Å². The Morgan fingerprint density at radius 3 is 2.27 bits per heavy atom. The molecule has 1 rings (SSSR count). The Morgan fingerprint density at radius 1 is 1.15 bits per heavy atom. The average Bonchev–Trinajstić information content (AvgIpc) is 2.60. The van der Waals surface area contributed by atoms with Crippen molar-refractivity contribution < 1.29 is 24.0 Å². The number of anilines is 1. The molecule has 1 aromatic carbocycles. The monoisotopic (exact) mass is 384 g/mol. The molecule has 0 spiro atoms. The number of methoxy groups -OCH3 is 1. The number of carbonyl (C=O) groups is 3. The van der Waals surface area contributed by atoms with E-state index in [9.17, 15) is 14.4 Å². The van der Waals surface area contributed by atoms with E-state index < -0.39 is 12.0 Å². The molecule has 7 nitrogen and oxygen atoms in total. The number of ether oxygens (including phenoxy) is 1. The van der Waals surface area contributed by atoms with Gasteiger partial charge in [0.15, 0.2) is 13.1 Å². The molecule has 2 amide bonds. The first-order valence-corrected chi connectivity index (χ1v) is 8.88. The number of nitrogens with one attached hydrogen (secondary N) is 3. The lowest BCUT2D eigenvalue weighted by Crippen LogP contribution is -3.11. The van der Waals surface area contributed by atoms with Crippen LogP contribution in [0.5, 0.6) is 0 Å². The molecule has 0 saturated carbocycles. The van der Waals surface area contributed by atoms with E-state index in [0.717, 1.165) is 6.42 Å². The standard InChI is InChI=1S/C18H26ClN3O4/c1-5-12(2)17(18(25)26-4)21-16(24)11-22(3)10-15(23)20-14-8-6-13(19)7-9-14/h6-9,12,17H,5,10-11H2,1-4H3,(H,20,23)(H,21,24)/p+1/t12-,17-/m1/s1. The third-order valence-electron chi connectivity index (χ3n) is 4.04. The lowest BCUT2D eigenvalue weighted by atomic mass is 9.99. The topological polar surface area (TPSA) is 88.9 Å². The molecule has 0 heterocycles. The Balaban J connectivity index is 2.50. The first kappa shape index (κ1) is 21.9. The number of quaternary nitrogens is 1. The van der Waals surface area contributed by atoms with Crippen LogP contribution >= 0.6 is 11.6 Å². The van der Waals surface area contributed by atoms with E-state index in [1.165, 1.54) is 7.11 Å². The lowest BCUT2D eigenvalue weighted by Gasteiger charge is -2.22. The van der Waals surface area contributed by atoms with E-state index in [1.54, 1.807) is 31.3 Å². The summed E-state index contributed by atoms with van der Waals surface area (Å²) in [5.41, 5.74) is 0.638. The summed E-state index contributed by atoms with van der Waals surface area (Å²) in [5, 5.41) is 6.03. The minimum atomic E-state index is -0.687. The highest BCUT2D eigenvalue weighted by Crippen LogP contribution is 2.13. The molecule has 0 aliphatic heterocycles. The Morgan fingerprint density at radius 2 is 1.73 bits per heavy atom. The van der Waals surface area contributed by atoms with Crippen molar-refractivity contribution in [1.29, 1.82) is 0 Å². The van der Waals surface area contributed by atoms with Gasteiger partial charge in [0.1, 0.15) is 6.04 Å². The normalized spacial score (nSPS) is 14.0. The minimum absolute atomic E-state index is 0.0418. The van der Waals surface area contributed by atoms with E-state index in [-0.39, 0.29) is 30.8 Å². The first-order chi connectivity index (χ1) is 12.3.